The lowest BCUT2D eigenvalue weighted by molar-refractivity contribution is 0.0790. The average molecular weight is 541 g/mol. The second kappa shape index (κ2) is 8.37. The maximum Gasteiger partial charge on any atom is 0.278 e. The molecule has 0 radical (unpaired) electrons. The van der Waals surface area contributed by atoms with Gasteiger partial charge in [-0.1, -0.05) is 24.3 Å². The Morgan fingerprint density at radius 3 is 2.40 bits per heavy atom. The number of pyridine rings is 1. The number of carbonyl (C=O) groups excluding carboxylic acids is 4. The molecule has 3 aliphatic carbocycles. The predicted octanol–water partition coefficient (Wildman–Crippen LogP) is 3.14. The number of ketones is 4. The molecule has 0 bridgehead atoms. The van der Waals surface area contributed by atoms with Crippen molar-refractivity contribution in [1.29, 1.82) is 0 Å². The molecule has 1 aromatic heterocycles. The number of aromatic hydroxyl groups is 2. The third-order valence-electron chi connectivity index (χ3n) is 7.87. The van der Waals surface area contributed by atoms with Crippen LogP contribution in [-0.4, -0.2) is 50.5 Å². The molecule has 1 spiro atoms. The first kappa shape index (κ1) is 25.1. The van der Waals surface area contributed by atoms with Gasteiger partial charge in [-0.2, -0.15) is 0 Å². The smallest absolute Gasteiger partial charge is 0.278 e. The van der Waals surface area contributed by atoms with Crippen molar-refractivity contribution in [2.75, 3.05) is 7.11 Å². The summed E-state index contributed by atoms with van der Waals surface area (Å²) < 4.78 is 4.93. The Morgan fingerprint density at radius 1 is 0.975 bits per heavy atom. The Labute approximate surface area is 225 Å². The highest BCUT2D eigenvalue weighted by atomic mass is 16.5. The summed E-state index contributed by atoms with van der Waals surface area (Å²) in [5.74, 6) is -6.00. The van der Waals surface area contributed by atoms with Crippen LogP contribution in [0.25, 0.3) is 16.8 Å². The summed E-state index contributed by atoms with van der Waals surface area (Å²) >= 11 is 0. The number of ether oxygens (including phenoxy) is 1. The van der Waals surface area contributed by atoms with Crippen LogP contribution in [0.4, 0.5) is 0 Å². The van der Waals surface area contributed by atoms with Crippen molar-refractivity contribution in [2.24, 2.45) is 0 Å². The minimum atomic E-state index is -2.03. The maximum absolute atomic E-state index is 14.0. The van der Waals surface area contributed by atoms with Crippen molar-refractivity contribution in [1.82, 2.24) is 4.98 Å². The van der Waals surface area contributed by atoms with Gasteiger partial charge in [0, 0.05) is 17.3 Å². The number of aromatic nitrogens is 1. The van der Waals surface area contributed by atoms with Crippen LogP contribution in [0, 0.1) is 0 Å². The van der Waals surface area contributed by atoms with E-state index in [1.54, 1.807) is 30.4 Å². The fourth-order valence-corrected chi connectivity index (χ4v) is 6.14. The largest absolute Gasteiger partial charge is 0.592 e. The Kier molecular flexibility index (Phi) is 5.24. The van der Waals surface area contributed by atoms with Crippen molar-refractivity contribution in [3.63, 3.8) is 0 Å². The number of Topliss-reactive ketones (excluding diaryl/α,β-unsaturated/α-hetero) is 3. The fourth-order valence-electron chi connectivity index (χ4n) is 6.14. The number of phenols is 2. The minimum Gasteiger partial charge on any atom is -0.592 e. The summed E-state index contributed by atoms with van der Waals surface area (Å²) in [4.78, 5) is 69.5. The molecular weight excluding hydrogens is 518 g/mol. The fraction of sp³-hybridized carbons (Fsp3) is 0.167. The highest BCUT2D eigenvalue weighted by molar-refractivity contribution is 6.38. The van der Waals surface area contributed by atoms with Gasteiger partial charge < -0.3 is 25.0 Å². The molecule has 5 N–H and O–H groups in total. The number of H-pyrrole nitrogens is 1. The third kappa shape index (κ3) is 2.95. The molecule has 0 amide bonds. The first-order valence-corrected chi connectivity index (χ1v) is 12.4. The maximum atomic E-state index is 14.0. The van der Waals surface area contributed by atoms with Crippen molar-refractivity contribution in [3.8, 4) is 17.2 Å². The number of fused-ring (bicyclic) bond motifs is 5. The van der Waals surface area contributed by atoms with Gasteiger partial charge in [0.2, 0.25) is 5.78 Å². The van der Waals surface area contributed by atoms with E-state index in [4.69, 9.17) is 9.84 Å². The molecule has 200 valence electrons. The quantitative estimate of drug-likeness (QED) is 0.258. The van der Waals surface area contributed by atoms with E-state index in [0.29, 0.717) is 16.6 Å². The van der Waals surface area contributed by atoms with E-state index < -0.39 is 73.6 Å². The van der Waals surface area contributed by atoms with Gasteiger partial charge in [-0.25, -0.2) is 0 Å². The van der Waals surface area contributed by atoms with Gasteiger partial charge in [0.1, 0.15) is 28.0 Å². The molecule has 40 heavy (non-hydrogen) atoms. The van der Waals surface area contributed by atoms with Crippen LogP contribution >= 0.6 is 0 Å². The van der Waals surface area contributed by atoms with Crippen molar-refractivity contribution < 1.29 is 39.2 Å². The van der Waals surface area contributed by atoms with Crippen molar-refractivity contribution in [2.45, 2.75) is 25.2 Å². The summed E-state index contributed by atoms with van der Waals surface area (Å²) in [6.45, 7) is 1.84. The number of hydrogen-bond acceptors (Lipinski definition) is 8. The molecule has 3 aromatic rings. The molecule has 1 unspecified atom stereocenters. The molecular formula is C30H22NO9+. The highest BCUT2D eigenvalue weighted by Gasteiger charge is 2.62. The number of allylic oxidation sites excluding steroid dienone is 5. The van der Waals surface area contributed by atoms with Crippen LogP contribution in [0.2, 0.25) is 0 Å². The monoisotopic (exact) mass is 540 g/mol. The number of carbonyl (C=O) groups is 4. The third-order valence-corrected chi connectivity index (χ3v) is 7.87. The van der Waals surface area contributed by atoms with Crippen molar-refractivity contribution in [3.05, 3.63) is 91.6 Å². The average Bonchev–Trinajstić information content (AvgIpc) is 3.40. The van der Waals surface area contributed by atoms with Crippen LogP contribution in [0.1, 0.15) is 71.6 Å². The molecule has 3 aliphatic rings. The molecule has 1 heterocycles. The number of phenolic OH excluding ortho intramolecular Hbond substituents is 2. The number of aryl methyl sites for hydroxylation is 1. The molecule has 2 aromatic carbocycles. The van der Waals surface area contributed by atoms with Gasteiger partial charge in [-0.3, -0.25) is 24.0 Å². The summed E-state index contributed by atoms with van der Waals surface area (Å²) in [5.41, 5.74) is -3.94. The zero-order chi connectivity index (χ0) is 28.7. The van der Waals surface area contributed by atoms with Crippen LogP contribution in [0.5, 0.6) is 17.2 Å². The molecule has 0 saturated heterocycles. The van der Waals surface area contributed by atoms with E-state index in [1.165, 1.54) is 0 Å². The van der Waals surface area contributed by atoms with Crippen LogP contribution in [0.3, 0.4) is 0 Å². The molecule has 0 aliphatic heterocycles. The highest BCUT2D eigenvalue weighted by Crippen LogP contribution is 2.57. The topological polar surface area (TPSA) is 174 Å². The van der Waals surface area contributed by atoms with Crippen LogP contribution in [0.15, 0.2) is 47.0 Å². The first-order valence-electron chi connectivity index (χ1n) is 12.4. The summed E-state index contributed by atoms with van der Waals surface area (Å²) in [6.07, 6.45) is 7.96. The zero-order valence-electron chi connectivity index (χ0n) is 21.3. The number of nitrogens with one attached hydrogen (secondary N) is 1. The standard InChI is InChI=1S/C30H21NO9/c1-3-4-5-6-14-10-13-9-12-7-8-30(22(12)26(36)17(13)29(39)31-14)27(37)20-21(28(30)38)25(35)19-18(24(20)34)15(32)11-16(40-2)23(19)33/h3-6,9-11,34-36H,7-8H2,1-2H3,(H,31,39)/p+1/b4-3+,6-5+. The van der Waals surface area contributed by atoms with Gasteiger partial charge in [-0.05, 0) is 42.9 Å². The lowest BCUT2D eigenvalue weighted by Gasteiger charge is -2.22. The summed E-state index contributed by atoms with van der Waals surface area (Å²) in [6, 6.07) is 3.30. The van der Waals surface area contributed by atoms with Gasteiger partial charge in [0.25, 0.3) is 11.3 Å². The van der Waals surface area contributed by atoms with E-state index in [9.17, 15) is 34.2 Å². The van der Waals surface area contributed by atoms with E-state index in [-0.39, 0.29) is 29.6 Å². The summed E-state index contributed by atoms with van der Waals surface area (Å²) in [5, 5.41) is 31.5. The number of methoxy groups -OCH3 is 1. The lowest BCUT2D eigenvalue weighted by atomic mass is 9.76. The summed E-state index contributed by atoms with van der Waals surface area (Å²) in [7, 11) is 1.16. The molecule has 6 rings (SSSR count). The predicted molar refractivity (Wildman–Crippen MR) is 144 cm³/mol. The Hall–Kier alpha value is -5.25. The van der Waals surface area contributed by atoms with Crippen molar-refractivity contribution >= 4 is 40.0 Å². The van der Waals surface area contributed by atoms with Gasteiger partial charge in [0.05, 0.1) is 23.6 Å². The molecule has 0 fully saturated rings. The lowest BCUT2D eigenvalue weighted by Crippen LogP contribution is -2.36. The Balaban J connectivity index is 1.59. The zero-order valence-corrected chi connectivity index (χ0v) is 21.3. The van der Waals surface area contributed by atoms with Gasteiger partial charge in [0.15, 0.2) is 23.1 Å². The second-order valence-electron chi connectivity index (χ2n) is 9.86. The number of hydrogen-bond donors (Lipinski definition) is 3. The molecule has 10 heteroatoms. The normalized spacial score (nSPS) is 19.7. The number of aromatic amines is 1. The Morgan fingerprint density at radius 2 is 1.70 bits per heavy atom. The Bertz CT molecular complexity index is 1920. The van der Waals surface area contributed by atoms with Crippen LogP contribution < -0.4 is 5.56 Å². The van der Waals surface area contributed by atoms with E-state index in [1.807, 2.05) is 13.0 Å². The number of rotatable bonds is 3. The number of benzene rings is 2. The molecule has 10 nitrogen and oxygen atoms in total. The van der Waals surface area contributed by atoms with E-state index in [2.05, 4.69) is 4.98 Å². The van der Waals surface area contributed by atoms with Gasteiger partial charge in [-0.15, -0.1) is 0 Å². The molecule has 1 atom stereocenters. The SMILES string of the molecule is C/C=C/C=C/c1cc2cc3c(c(O)c2c(=O)[nH]1)C1(CC3)C(=O)c2c(O)c3c(c([OH2+])c2C1=O)C(=O)C=C(OC)C3=O. The van der Waals surface area contributed by atoms with E-state index >= 15 is 0 Å². The molecule has 0 saturated carbocycles. The van der Waals surface area contributed by atoms with E-state index in [0.717, 1.165) is 13.2 Å². The van der Waals surface area contributed by atoms with Gasteiger partial charge >= 0.3 is 0 Å². The van der Waals surface area contributed by atoms with Crippen LogP contribution in [-0.2, 0) is 16.6 Å². The first-order chi connectivity index (χ1) is 19.1. The minimum absolute atomic E-state index is 0.0703. The second-order valence-corrected chi connectivity index (χ2v) is 9.86.